The van der Waals surface area contributed by atoms with Crippen LogP contribution in [-0.2, 0) is 0 Å². The van der Waals surface area contributed by atoms with Crippen molar-refractivity contribution in [2.45, 2.75) is 6.10 Å². The summed E-state index contributed by atoms with van der Waals surface area (Å²) >= 11 is 0. The summed E-state index contributed by atoms with van der Waals surface area (Å²) in [5.41, 5.74) is 2.47. The SMILES string of the molecule is Cl.Cl.O=C(NCC1CNCC1O)c1cncc(-c2ccccc2)c1. The van der Waals surface area contributed by atoms with Gasteiger partial charge in [-0.3, -0.25) is 9.78 Å². The zero-order valence-corrected chi connectivity index (χ0v) is 14.6. The average molecular weight is 370 g/mol. The molecule has 1 aliphatic heterocycles. The number of benzene rings is 1. The lowest BCUT2D eigenvalue weighted by Gasteiger charge is -2.14. The molecule has 24 heavy (non-hydrogen) atoms. The smallest absolute Gasteiger partial charge is 0.252 e. The molecule has 3 rings (SSSR count). The van der Waals surface area contributed by atoms with E-state index in [1.807, 2.05) is 36.4 Å². The summed E-state index contributed by atoms with van der Waals surface area (Å²) < 4.78 is 0. The van der Waals surface area contributed by atoms with Crippen molar-refractivity contribution in [3.63, 3.8) is 0 Å². The molecule has 7 heteroatoms. The maximum atomic E-state index is 12.2. The third kappa shape index (κ3) is 4.92. The molecule has 3 N–H and O–H groups in total. The maximum Gasteiger partial charge on any atom is 0.252 e. The van der Waals surface area contributed by atoms with Crippen molar-refractivity contribution in [2.24, 2.45) is 5.92 Å². The maximum absolute atomic E-state index is 12.2. The van der Waals surface area contributed by atoms with Crippen molar-refractivity contribution in [3.05, 3.63) is 54.4 Å². The van der Waals surface area contributed by atoms with E-state index in [-0.39, 0.29) is 36.6 Å². The van der Waals surface area contributed by atoms with Crippen molar-refractivity contribution >= 4 is 30.7 Å². The van der Waals surface area contributed by atoms with E-state index in [0.29, 0.717) is 18.7 Å². The second-order valence-corrected chi connectivity index (χ2v) is 5.52. The van der Waals surface area contributed by atoms with Gasteiger partial charge in [0.15, 0.2) is 0 Å². The molecular weight excluding hydrogens is 349 g/mol. The summed E-state index contributed by atoms with van der Waals surface area (Å²) in [5, 5.41) is 15.7. The molecule has 0 bridgehead atoms. The lowest BCUT2D eigenvalue weighted by molar-refractivity contribution is 0.0926. The second-order valence-electron chi connectivity index (χ2n) is 5.52. The van der Waals surface area contributed by atoms with E-state index in [0.717, 1.165) is 17.7 Å². The first-order chi connectivity index (χ1) is 10.7. The van der Waals surface area contributed by atoms with Crippen LogP contribution in [0.15, 0.2) is 48.8 Å². The zero-order chi connectivity index (χ0) is 15.4. The number of aliphatic hydroxyl groups is 1. The highest BCUT2D eigenvalue weighted by Gasteiger charge is 2.25. The van der Waals surface area contributed by atoms with Crippen LogP contribution in [0.3, 0.4) is 0 Å². The first kappa shape index (κ1) is 20.4. The minimum Gasteiger partial charge on any atom is -0.391 e. The van der Waals surface area contributed by atoms with Gasteiger partial charge in [-0.15, -0.1) is 24.8 Å². The van der Waals surface area contributed by atoms with E-state index < -0.39 is 6.10 Å². The van der Waals surface area contributed by atoms with Crippen molar-refractivity contribution < 1.29 is 9.90 Å². The number of pyridine rings is 1. The van der Waals surface area contributed by atoms with Crippen LogP contribution >= 0.6 is 24.8 Å². The molecule has 1 amide bonds. The zero-order valence-electron chi connectivity index (χ0n) is 13.0. The second kappa shape index (κ2) is 9.59. The predicted octanol–water partition coefficient (Wildman–Crippen LogP) is 1.90. The third-order valence-corrected chi connectivity index (χ3v) is 3.94. The summed E-state index contributed by atoms with van der Waals surface area (Å²) in [4.78, 5) is 16.4. The molecule has 130 valence electrons. The van der Waals surface area contributed by atoms with Crippen molar-refractivity contribution in [1.29, 1.82) is 0 Å². The lowest BCUT2D eigenvalue weighted by atomic mass is 10.1. The Kier molecular flexibility index (Phi) is 8.15. The molecule has 1 fully saturated rings. The molecule has 1 aliphatic rings. The molecule has 2 aromatic rings. The lowest BCUT2D eigenvalue weighted by Crippen LogP contribution is -2.34. The standard InChI is InChI=1S/C17H19N3O2.2ClH/c21-16-11-19-9-15(16)10-20-17(22)14-6-13(7-18-8-14)12-4-2-1-3-5-12;;/h1-8,15-16,19,21H,9-11H2,(H,20,22);2*1H. The minimum atomic E-state index is -0.394. The van der Waals surface area contributed by atoms with Crippen LogP contribution in [0, 0.1) is 5.92 Å². The van der Waals surface area contributed by atoms with Gasteiger partial charge in [-0.05, 0) is 11.6 Å². The fourth-order valence-corrected chi connectivity index (χ4v) is 2.61. The molecule has 2 atom stereocenters. The number of β-amino-alcohol motifs (C(OH)–C–C–N with tert-alkyl or cyclic N) is 1. The number of hydrogen-bond donors (Lipinski definition) is 3. The first-order valence-corrected chi connectivity index (χ1v) is 7.41. The number of aromatic nitrogens is 1. The van der Waals surface area contributed by atoms with Gasteiger partial charge in [0.05, 0.1) is 11.7 Å². The summed E-state index contributed by atoms with van der Waals surface area (Å²) in [6, 6.07) is 11.7. The summed E-state index contributed by atoms with van der Waals surface area (Å²) in [6.07, 6.45) is 2.91. The van der Waals surface area contributed by atoms with E-state index in [4.69, 9.17) is 0 Å². The van der Waals surface area contributed by atoms with E-state index in [1.54, 1.807) is 12.4 Å². The van der Waals surface area contributed by atoms with E-state index >= 15 is 0 Å². The number of rotatable bonds is 4. The van der Waals surface area contributed by atoms with Crippen LogP contribution in [0.5, 0.6) is 0 Å². The number of carbonyl (C=O) groups excluding carboxylic acids is 1. The Balaban J connectivity index is 0.00000144. The van der Waals surface area contributed by atoms with Crippen LogP contribution in [0.1, 0.15) is 10.4 Å². The summed E-state index contributed by atoms with van der Waals surface area (Å²) in [7, 11) is 0. The van der Waals surface area contributed by atoms with Gasteiger partial charge in [0.1, 0.15) is 0 Å². The van der Waals surface area contributed by atoms with Crippen molar-refractivity contribution in [1.82, 2.24) is 15.6 Å². The van der Waals surface area contributed by atoms with Crippen LogP contribution in [0.2, 0.25) is 0 Å². The van der Waals surface area contributed by atoms with Crippen molar-refractivity contribution in [2.75, 3.05) is 19.6 Å². The Morgan fingerprint density at radius 2 is 1.92 bits per heavy atom. The molecular formula is C17H21Cl2N3O2. The monoisotopic (exact) mass is 369 g/mol. The molecule has 0 aliphatic carbocycles. The normalized spacial score (nSPS) is 19.0. The van der Waals surface area contributed by atoms with Crippen LogP contribution < -0.4 is 10.6 Å². The van der Waals surface area contributed by atoms with Gasteiger partial charge in [-0.1, -0.05) is 30.3 Å². The fourth-order valence-electron chi connectivity index (χ4n) is 2.61. The fraction of sp³-hybridized carbons (Fsp3) is 0.294. The molecule has 1 aromatic carbocycles. The quantitative estimate of drug-likeness (QED) is 0.769. The number of nitrogens with one attached hydrogen (secondary N) is 2. The number of carbonyl (C=O) groups is 1. The molecule has 1 saturated heterocycles. The Labute approximate surface area is 153 Å². The number of nitrogens with zero attached hydrogens (tertiary/aromatic N) is 1. The van der Waals surface area contributed by atoms with E-state index in [2.05, 4.69) is 15.6 Å². The molecule has 2 unspecified atom stereocenters. The van der Waals surface area contributed by atoms with Crippen LogP contribution in [0.25, 0.3) is 11.1 Å². The molecule has 1 aromatic heterocycles. The average Bonchev–Trinajstić information content (AvgIpc) is 2.99. The van der Waals surface area contributed by atoms with Gasteiger partial charge in [-0.25, -0.2) is 0 Å². The highest BCUT2D eigenvalue weighted by atomic mass is 35.5. The van der Waals surface area contributed by atoms with Crippen molar-refractivity contribution in [3.8, 4) is 11.1 Å². The van der Waals surface area contributed by atoms with Gasteiger partial charge >= 0.3 is 0 Å². The highest BCUT2D eigenvalue weighted by Crippen LogP contribution is 2.18. The first-order valence-electron chi connectivity index (χ1n) is 7.41. The topological polar surface area (TPSA) is 74.2 Å². The highest BCUT2D eigenvalue weighted by molar-refractivity contribution is 5.95. The number of aliphatic hydroxyl groups excluding tert-OH is 1. The van der Waals surface area contributed by atoms with Gasteiger partial charge in [0.2, 0.25) is 0 Å². The molecule has 2 heterocycles. The largest absolute Gasteiger partial charge is 0.391 e. The third-order valence-electron chi connectivity index (χ3n) is 3.94. The number of halogens is 2. The van der Waals surface area contributed by atoms with Gasteiger partial charge in [0.25, 0.3) is 5.91 Å². The number of amides is 1. The van der Waals surface area contributed by atoms with Crippen LogP contribution in [-0.4, -0.2) is 41.7 Å². The molecule has 0 spiro atoms. The van der Waals surface area contributed by atoms with E-state index in [1.165, 1.54) is 0 Å². The molecule has 0 saturated carbocycles. The van der Waals surface area contributed by atoms with Crippen LogP contribution in [0.4, 0.5) is 0 Å². The summed E-state index contributed by atoms with van der Waals surface area (Å²) in [6.45, 7) is 1.78. The minimum absolute atomic E-state index is 0. The molecule has 5 nitrogen and oxygen atoms in total. The Morgan fingerprint density at radius 1 is 1.17 bits per heavy atom. The van der Waals surface area contributed by atoms with Gasteiger partial charge < -0.3 is 15.7 Å². The predicted molar refractivity (Wildman–Crippen MR) is 98.9 cm³/mol. The Morgan fingerprint density at radius 3 is 2.58 bits per heavy atom. The van der Waals surface area contributed by atoms with E-state index in [9.17, 15) is 9.90 Å². The van der Waals surface area contributed by atoms with Gasteiger partial charge in [-0.2, -0.15) is 0 Å². The Hall–Kier alpha value is -1.66. The number of hydrogen-bond acceptors (Lipinski definition) is 4. The van der Waals surface area contributed by atoms with Gasteiger partial charge in [0, 0.05) is 43.5 Å². The molecule has 0 radical (unpaired) electrons. The summed E-state index contributed by atoms with van der Waals surface area (Å²) in [5.74, 6) is -0.0985. The Bertz CT molecular complexity index is 655.